The number of carbonyl (C=O) groups is 2. The van der Waals surface area contributed by atoms with Crippen molar-refractivity contribution in [1.29, 1.82) is 0 Å². The van der Waals surface area contributed by atoms with Crippen LogP contribution in [-0.2, 0) is 19.1 Å². The van der Waals surface area contributed by atoms with Crippen molar-refractivity contribution in [3.05, 3.63) is 58.2 Å². The van der Waals surface area contributed by atoms with E-state index in [1.807, 2.05) is 0 Å². The highest BCUT2D eigenvalue weighted by molar-refractivity contribution is 5.73. The van der Waals surface area contributed by atoms with Gasteiger partial charge in [-0.3, -0.25) is 9.59 Å². The molecule has 0 radical (unpaired) electrons. The normalized spacial score (nSPS) is 10.9. The number of rotatable bonds is 11. The molecule has 0 spiro atoms. The van der Waals surface area contributed by atoms with Gasteiger partial charge in [0.1, 0.15) is 5.82 Å². The van der Waals surface area contributed by atoms with E-state index in [1.54, 1.807) is 0 Å². The molecule has 0 fully saturated rings. The lowest BCUT2D eigenvalue weighted by atomic mass is 10.2. The Hall–Kier alpha value is -3.12. The SMILES string of the molecule is Cc1cc(F)c(F)c(OC(=O)CCOCCOCCC(=O)Oc2c(C)c(F)cc(F)c2F)c1F. The van der Waals surface area contributed by atoms with Gasteiger partial charge in [-0.05, 0) is 25.5 Å². The van der Waals surface area contributed by atoms with E-state index in [0.717, 1.165) is 6.92 Å². The van der Waals surface area contributed by atoms with Crippen molar-refractivity contribution in [3.8, 4) is 11.5 Å². The summed E-state index contributed by atoms with van der Waals surface area (Å²) in [4.78, 5) is 23.4. The van der Waals surface area contributed by atoms with Crippen LogP contribution in [0.1, 0.15) is 24.0 Å². The fourth-order valence-corrected chi connectivity index (χ4v) is 2.54. The molecule has 0 N–H and O–H groups in total. The minimum atomic E-state index is -1.62. The molecule has 0 aromatic heterocycles. The van der Waals surface area contributed by atoms with Crippen molar-refractivity contribution >= 4 is 11.9 Å². The van der Waals surface area contributed by atoms with Gasteiger partial charge in [-0.2, -0.15) is 8.78 Å². The Morgan fingerprint density at radius 3 is 1.68 bits per heavy atom. The van der Waals surface area contributed by atoms with Crippen LogP contribution in [0.25, 0.3) is 0 Å². The molecule has 0 saturated carbocycles. The molecule has 12 heteroatoms. The third-order valence-corrected chi connectivity index (χ3v) is 4.36. The number of hydrogen-bond donors (Lipinski definition) is 0. The highest BCUT2D eigenvalue weighted by atomic mass is 19.2. The third-order valence-electron chi connectivity index (χ3n) is 4.36. The summed E-state index contributed by atoms with van der Waals surface area (Å²) in [6.45, 7) is 1.85. The van der Waals surface area contributed by atoms with E-state index in [0.29, 0.717) is 12.1 Å². The molecule has 2 aromatic carbocycles. The van der Waals surface area contributed by atoms with E-state index in [2.05, 4.69) is 9.47 Å². The van der Waals surface area contributed by atoms with Crippen LogP contribution in [0.2, 0.25) is 0 Å². The smallest absolute Gasteiger partial charge is 0.313 e. The van der Waals surface area contributed by atoms with Crippen LogP contribution in [0.5, 0.6) is 11.5 Å². The maximum absolute atomic E-state index is 13.8. The Balaban J connectivity index is 1.63. The number of aryl methyl sites for hydroxylation is 1. The van der Waals surface area contributed by atoms with Gasteiger partial charge in [0.15, 0.2) is 23.2 Å². The van der Waals surface area contributed by atoms with Gasteiger partial charge in [-0.1, -0.05) is 0 Å². The minimum Gasteiger partial charge on any atom is -0.423 e. The van der Waals surface area contributed by atoms with E-state index in [-0.39, 0.29) is 44.0 Å². The fourth-order valence-electron chi connectivity index (χ4n) is 2.54. The van der Waals surface area contributed by atoms with Crippen LogP contribution in [0.4, 0.5) is 26.3 Å². The second-order valence-corrected chi connectivity index (χ2v) is 6.91. The summed E-state index contributed by atoms with van der Waals surface area (Å²) < 4.78 is 100. The predicted molar refractivity (Wildman–Crippen MR) is 104 cm³/mol. The third kappa shape index (κ3) is 7.19. The maximum atomic E-state index is 13.8. The first-order chi connectivity index (χ1) is 16.0. The molecule has 186 valence electrons. The van der Waals surface area contributed by atoms with E-state index in [9.17, 15) is 35.9 Å². The van der Waals surface area contributed by atoms with Crippen LogP contribution in [-0.4, -0.2) is 38.4 Å². The Morgan fingerprint density at radius 2 is 1.12 bits per heavy atom. The summed E-state index contributed by atoms with van der Waals surface area (Å²) >= 11 is 0. The molecular weight excluding hydrogens is 474 g/mol. The lowest BCUT2D eigenvalue weighted by molar-refractivity contribution is -0.137. The molecule has 2 aromatic rings. The minimum absolute atomic E-state index is 0.0311. The second-order valence-electron chi connectivity index (χ2n) is 6.91. The Labute approximate surface area is 190 Å². The molecule has 0 aliphatic carbocycles. The average Bonchev–Trinajstić information content (AvgIpc) is 2.78. The molecule has 0 bridgehead atoms. The summed E-state index contributed by atoms with van der Waals surface area (Å²) in [6, 6.07) is 0.967. The maximum Gasteiger partial charge on any atom is 0.313 e. The summed E-state index contributed by atoms with van der Waals surface area (Å²) in [7, 11) is 0. The quantitative estimate of drug-likeness (QED) is 0.151. The summed E-state index contributed by atoms with van der Waals surface area (Å²) in [6.07, 6.45) is -0.747. The monoisotopic (exact) mass is 494 g/mol. The van der Waals surface area contributed by atoms with Crippen molar-refractivity contribution in [2.45, 2.75) is 26.7 Å². The van der Waals surface area contributed by atoms with Gasteiger partial charge >= 0.3 is 11.9 Å². The summed E-state index contributed by atoms with van der Waals surface area (Å²) in [5.41, 5.74) is -0.597. The van der Waals surface area contributed by atoms with Gasteiger partial charge < -0.3 is 18.9 Å². The largest absolute Gasteiger partial charge is 0.423 e. The van der Waals surface area contributed by atoms with Gasteiger partial charge in [0.05, 0.1) is 39.3 Å². The first-order valence-corrected chi connectivity index (χ1v) is 9.88. The topological polar surface area (TPSA) is 71.1 Å². The van der Waals surface area contributed by atoms with Gasteiger partial charge in [-0.25, -0.2) is 17.6 Å². The molecule has 0 heterocycles. The molecule has 2 rings (SSSR count). The summed E-state index contributed by atoms with van der Waals surface area (Å²) in [5, 5.41) is 0. The van der Waals surface area contributed by atoms with Crippen LogP contribution in [0.3, 0.4) is 0 Å². The lowest BCUT2D eigenvalue weighted by Crippen LogP contribution is -2.16. The van der Waals surface area contributed by atoms with E-state index in [1.165, 1.54) is 6.92 Å². The zero-order valence-electron chi connectivity index (χ0n) is 18.1. The number of esters is 2. The van der Waals surface area contributed by atoms with Crippen LogP contribution < -0.4 is 9.47 Å². The Bertz CT molecular complexity index is 923. The predicted octanol–water partition coefficient (Wildman–Crippen LogP) is 4.46. The highest BCUT2D eigenvalue weighted by Crippen LogP contribution is 2.28. The van der Waals surface area contributed by atoms with Gasteiger partial charge in [0.2, 0.25) is 17.4 Å². The first kappa shape index (κ1) is 27.1. The van der Waals surface area contributed by atoms with Crippen molar-refractivity contribution in [2.24, 2.45) is 0 Å². The van der Waals surface area contributed by atoms with E-state index < -0.39 is 64.8 Å². The second kappa shape index (κ2) is 12.4. The average molecular weight is 494 g/mol. The first-order valence-electron chi connectivity index (χ1n) is 9.88. The van der Waals surface area contributed by atoms with Gasteiger partial charge in [-0.15, -0.1) is 0 Å². The van der Waals surface area contributed by atoms with Crippen molar-refractivity contribution < 1.29 is 54.9 Å². The van der Waals surface area contributed by atoms with E-state index in [4.69, 9.17) is 9.47 Å². The molecular formula is C22H20F6O6. The number of ether oxygens (including phenoxy) is 4. The zero-order valence-corrected chi connectivity index (χ0v) is 18.1. The van der Waals surface area contributed by atoms with Crippen molar-refractivity contribution in [3.63, 3.8) is 0 Å². The Kier molecular flexibility index (Phi) is 9.87. The van der Waals surface area contributed by atoms with Crippen LogP contribution in [0.15, 0.2) is 12.1 Å². The van der Waals surface area contributed by atoms with E-state index >= 15 is 0 Å². The van der Waals surface area contributed by atoms with Crippen LogP contribution >= 0.6 is 0 Å². The molecule has 0 saturated heterocycles. The standard InChI is InChI=1S/C22H20F6O6/c1-11-9-14(24)20(28)22(18(11)26)34-17(30)4-6-32-8-7-31-5-3-16(29)33-21-12(2)13(23)10-15(25)19(21)27/h9-10H,3-8H2,1-2H3. The molecule has 34 heavy (non-hydrogen) atoms. The zero-order chi connectivity index (χ0) is 25.4. The van der Waals surface area contributed by atoms with Gasteiger partial charge in [0.25, 0.3) is 0 Å². The van der Waals surface area contributed by atoms with Crippen molar-refractivity contribution in [1.82, 2.24) is 0 Å². The Morgan fingerprint density at radius 1 is 0.647 bits per heavy atom. The van der Waals surface area contributed by atoms with Crippen molar-refractivity contribution in [2.75, 3.05) is 26.4 Å². The fraction of sp³-hybridized carbons (Fsp3) is 0.364. The molecule has 0 aliphatic heterocycles. The summed E-state index contributed by atoms with van der Waals surface area (Å²) in [5.74, 6) is -12.2. The number of benzene rings is 2. The molecule has 0 amide bonds. The number of carbonyl (C=O) groups excluding carboxylic acids is 2. The van der Waals surface area contributed by atoms with Crippen LogP contribution in [0, 0.1) is 48.8 Å². The molecule has 0 unspecified atom stereocenters. The molecule has 0 aliphatic rings. The lowest BCUT2D eigenvalue weighted by Gasteiger charge is -2.10. The van der Waals surface area contributed by atoms with Gasteiger partial charge in [0, 0.05) is 11.6 Å². The highest BCUT2D eigenvalue weighted by Gasteiger charge is 2.21. The number of halogens is 6. The number of hydrogen-bond acceptors (Lipinski definition) is 6. The molecule has 0 atom stereocenters. The molecule has 6 nitrogen and oxygen atoms in total.